The van der Waals surface area contributed by atoms with Crippen LogP contribution in [0.2, 0.25) is 0 Å². The van der Waals surface area contributed by atoms with Gasteiger partial charge in [-0.05, 0) is 25.2 Å². The van der Waals surface area contributed by atoms with E-state index in [0.29, 0.717) is 31.7 Å². The van der Waals surface area contributed by atoms with Crippen LogP contribution in [0.3, 0.4) is 0 Å². The Bertz CT molecular complexity index is 629. The van der Waals surface area contributed by atoms with Crippen LogP contribution < -0.4 is 16.4 Å². The van der Waals surface area contributed by atoms with Crippen LogP contribution in [-0.4, -0.2) is 59.5 Å². The van der Waals surface area contributed by atoms with Crippen LogP contribution >= 0.6 is 0 Å². The maximum absolute atomic E-state index is 12.6. The van der Waals surface area contributed by atoms with Crippen molar-refractivity contribution in [2.75, 3.05) is 13.1 Å². The predicted molar refractivity (Wildman–Crippen MR) is 96.1 cm³/mol. The van der Waals surface area contributed by atoms with Crippen molar-refractivity contribution in [2.45, 2.75) is 58.0 Å². The first-order chi connectivity index (χ1) is 12.7. The number of carbonyl (C=O) groups excluding carboxylic acids is 5. The number of hydrogen-bond donors (Lipinski definition) is 3. The zero-order valence-electron chi connectivity index (χ0n) is 15.8. The lowest BCUT2D eigenvalue weighted by molar-refractivity contribution is -0.141. The highest BCUT2D eigenvalue weighted by molar-refractivity contribution is 6.37. The van der Waals surface area contributed by atoms with Gasteiger partial charge in [-0.2, -0.15) is 0 Å². The number of likely N-dealkylation sites (tertiary alicyclic amines) is 1. The normalized spacial score (nSPS) is 20.3. The van der Waals surface area contributed by atoms with Gasteiger partial charge in [-0.25, -0.2) is 0 Å². The lowest BCUT2D eigenvalue weighted by Gasteiger charge is -2.26. The van der Waals surface area contributed by atoms with Crippen molar-refractivity contribution < 1.29 is 24.0 Å². The van der Waals surface area contributed by atoms with E-state index in [-0.39, 0.29) is 24.3 Å². The van der Waals surface area contributed by atoms with Crippen LogP contribution in [0.15, 0.2) is 0 Å². The summed E-state index contributed by atoms with van der Waals surface area (Å²) in [5.74, 6) is -2.85. The Hall–Kier alpha value is -2.45. The first-order valence-electron chi connectivity index (χ1n) is 9.42. The number of hydrogen-bond acceptors (Lipinski definition) is 5. The van der Waals surface area contributed by atoms with Crippen molar-refractivity contribution in [1.82, 2.24) is 15.5 Å². The lowest BCUT2D eigenvalue weighted by Crippen LogP contribution is -2.54. The molecule has 4 amide bonds. The van der Waals surface area contributed by atoms with Gasteiger partial charge in [0, 0.05) is 12.5 Å². The molecular formula is C18H28N4O5. The molecule has 2 atom stereocenters. The summed E-state index contributed by atoms with van der Waals surface area (Å²) < 4.78 is 0. The maximum Gasteiger partial charge on any atom is 0.287 e. The van der Waals surface area contributed by atoms with Crippen molar-refractivity contribution >= 4 is 29.4 Å². The zero-order chi connectivity index (χ0) is 20.1. The van der Waals surface area contributed by atoms with Crippen molar-refractivity contribution in [1.29, 1.82) is 0 Å². The standard InChI is InChI=1S/C18H28N4O5/c1-10(2)17(26)20-9-14(23)22-7-3-4-13(22)18(27)21-12(8-11-5-6-11)15(24)16(19)25/h10-13H,3-9H2,1-2H3,(H2,19,25)(H,20,26)(H,21,27). The van der Waals surface area contributed by atoms with Gasteiger partial charge in [-0.1, -0.05) is 26.7 Å². The molecule has 27 heavy (non-hydrogen) atoms. The fourth-order valence-electron chi connectivity index (χ4n) is 3.16. The molecule has 1 heterocycles. The van der Waals surface area contributed by atoms with E-state index in [1.54, 1.807) is 13.8 Å². The Labute approximate surface area is 158 Å². The molecule has 4 N–H and O–H groups in total. The average Bonchev–Trinajstić information content (AvgIpc) is 3.29. The minimum Gasteiger partial charge on any atom is -0.363 e. The number of carbonyl (C=O) groups is 5. The summed E-state index contributed by atoms with van der Waals surface area (Å²) >= 11 is 0. The van der Waals surface area contributed by atoms with Gasteiger partial charge in [0.25, 0.3) is 5.91 Å². The van der Waals surface area contributed by atoms with Crippen LogP contribution in [0.1, 0.15) is 46.0 Å². The fourth-order valence-corrected chi connectivity index (χ4v) is 3.16. The van der Waals surface area contributed by atoms with Gasteiger partial charge in [0.1, 0.15) is 6.04 Å². The summed E-state index contributed by atoms with van der Waals surface area (Å²) in [6.45, 7) is 3.68. The summed E-state index contributed by atoms with van der Waals surface area (Å²) in [5.41, 5.74) is 5.09. The van der Waals surface area contributed by atoms with Gasteiger partial charge in [0.05, 0.1) is 12.6 Å². The van der Waals surface area contributed by atoms with E-state index in [1.807, 2.05) is 0 Å². The molecule has 1 saturated heterocycles. The van der Waals surface area contributed by atoms with E-state index in [2.05, 4.69) is 10.6 Å². The van der Waals surface area contributed by atoms with E-state index >= 15 is 0 Å². The largest absolute Gasteiger partial charge is 0.363 e. The molecular weight excluding hydrogens is 352 g/mol. The van der Waals surface area contributed by atoms with Gasteiger partial charge in [0.15, 0.2) is 0 Å². The third-order valence-electron chi connectivity index (χ3n) is 4.96. The second-order valence-electron chi connectivity index (χ2n) is 7.59. The number of amides is 4. The number of rotatable bonds is 9. The van der Waals surface area contributed by atoms with Gasteiger partial charge < -0.3 is 21.3 Å². The molecule has 0 bridgehead atoms. The molecule has 2 rings (SSSR count). The summed E-state index contributed by atoms with van der Waals surface area (Å²) in [4.78, 5) is 61.3. The first-order valence-corrected chi connectivity index (χ1v) is 9.42. The summed E-state index contributed by atoms with van der Waals surface area (Å²) in [5, 5.41) is 5.16. The Morgan fingerprint density at radius 2 is 1.78 bits per heavy atom. The third-order valence-corrected chi connectivity index (χ3v) is 4.96. The van der Waals surface area contributed by atoms with Gasteiger partial charge in [0.2, 0.25) is 23.5 Å². The van der Waals surface area contributed by atoms with Crippen LogP contribution in [0, 0.1) is 11.8 Å². The monoisotopic (exact) mass is 380 g/mol. The van der Waals surface area contributed by atoms with Crippen molar-refractivity contribution in [3.63, 3.8) is 0 Å². The average molecular weight is 380 g/mol. The minimum absolute atomic E-state index is 0.174. The quantitative estimate of drug-likeness (QED) is 0.444. The summed E-state index contributed by atoms with van der Waals surface area (Å²) in [6, 6.07) is -1.66. The topological polar surface area (TPSA) is 139 Å². The van der Waals surface area contributed by atoms with Crippen molar-refractivity contribution in [3.8, 4) is 0 Å². The second kappa shape index (κ2) is 8.96. The van der Waals surface area contributed by atoms with E-state index in [1.165, 1.54) is 4.90 Å². The van der Waals surface area contributed by atoms with E-state index in [4.69, 9.17) is 5.73 Å². The molecule has 0 aromatic carbocycles. The summed E-state index contributed by atoms with van der Waals surface area (Å²) in [7, 11) is 0. The van der Waals surface area contributed by atoms with Gasteiger partial charge >= 0.3 is 0 Å². The smallest absolute Gasteiger partial charge is 0.287 e. The van der Waals surface area contributed by atoms with Gasteiger partial charge in [-0.3, -0.25) is 24.0 Å². The molecule has 9 nitrogen and oxygen atoms in total. The lowest BCUT2D eigenvalue weighted by atomic mass is 10.0. The van der Waals surface area contributed by atoms with Crippen LogP contribution in [0.4, 0.5) is 0 Å². The Balaban J connectivity index is 1.96. The highest BCUT2D eigenvalue weighted by Gasteiger charge is 2.38. The molecule has 1 aliphatic heterocycles. The Kier molecular flexibility index (Phi) is 6.92. The van der Waals surface area contributed by atoms with E-state index in [9.17, 15) is 24.0 Å². The van der Waals surface area contributed by atoms with E-state index in [0.717, 1.165) is 12.8 Å². The van der Waals surface area contributed by atoms with Crippen LogP contribution in [0.25, 0.3) is 0 Å². The molecule has 9 heteroatoms. The van der Waals surface area contributed by atoms with Crippen LogP contribution in [-0.2, 0) is 24.0 Å². The zero-order valence-corrected chi connectivity index (χ0v) is 15.8. The number of ketones is 1. The highest BCUT2D eigenvalue weighted by Crippen LogP contribution is 2.33. The number of nitrogens with two attached hydrogens (primary N) is 1. The number of nitrogens with zero attached hydrogens (tertiary/aromatic N) is 1. The first kappa shape index (κ1) is 20.9. The molecule has 150 valence electrons. The van der Waals surface area contributed by atoms with E-state index < -0.39 is 29.7 Å². The predicted octanol–water partition coefficient (Wildman–Crippen LogP) is -0.911. The molecule has 0 spiro atoms. The second-order valence-corrected chi connectivity index (χ2v) is 7.59. The molecule has 2 fully saturated rings. The number of Topliss-reactive ketones (excluding diaryl/α,β-unsaturated/α-hetero) is 1. The van der Waals surface area contributed by atoms with Crippen molar-refractivity contribution in [2.24, 2.45) is 17.6 Å². The van der Waals surface area contributed by atoms with Crippen molar-refractivity contribution in [3.05, 3.63) is 0 Å². The fraction of sp³-hybridized carbons (Fsp3) is 0.722. The third kappa shape index (κ3) is 5.77. The molecule has 2 unspecified atom stereocenters. The minimum atomic E-state index is -1.07. The molecule has 1 aliphatic carbocycles. The maximum atomic E-state index is 12.6. The SMILES string of the molecule is CC(C)C(=O)NCC(=O)N1CCCC1C(=O)NC(CC1CC1)C(=O)C(N)=O. The molecule has 0 aromatic rings. The Morgan fingerprint density at radius 1 is 1.11 bits per heavy atom. The number of nitrogens with one attached hydrogen (secondary N) is 2. The highest BCUT2D eigenvalue weighted by atomic mass is 16.2. The molecule has 0 radical (unpaired) electrons. The summed E-state index contributed by atoms with van der Waals surface area (Å²) in [6.07, 6.45) is 3.43. The Morgan fingerprint density at radius 3 is 2.33 bits per heavy atom. The molecule has 0 aromatic heterocycles. The number of primary amides is 1. The van der Waals surface area contributed by atoms with Gasteiger partial charge in [-0.15, -0.1) is 0 Å². The van der Waals surface area contributed by atoms with Crippen LogP contribution in [0.5, 0.6) is 0 Å². The molecule has 1 saturated carbocycles. The molecule has 2 aliphatic rings.